The van der Waals surface area contributed by atoms with Crippen LogP contribution in [0.2, 0.25) is 5.02 Å². The van der Waals surface area contributed by atoms with Crippen molar-refractivity contribution in [2.75, 3.05) is 17.4 Å². The number of fused-ring (bicyclic) bond motifs is 1. The van der Waals surface area contributed by atoms with Crippen molar-refractivity contribution < 1.29 is 13.2 Å². The summed E-state index contributed by atoms with van der Waals surface area (Å²) in [4.78, 5) is 15.0. The number of sulfonamides is 1. The van der Waals surface area contributed by atoms with Gasteiger partial charge in [-0.2, -0.15) is 0 Å². The molecule has 136 valence electrons. The molecular formula is C19H19ClN2O3S. The molecule has 0 N–H and O–H groups in total. The van der Waals surface area contributed by atoms with Crippen molar-refractivity contribution in [2.45, 2.75) is 30.2 Å². The second kappa shape index (κ2) is 6.59. The number of carbonyl (C=O) groups is 1. The minimum Gasteiger partial charge on any atom is -0.341 e. The van der Waals surface area contributed by atoms with E-state index in [0.29, 0.717) is 30.2 Å². The Labute approximate surface area is 158 Å². The van der Waals surface area contributed by atoms with Crippen LogP contribution in [0.5, 0.6) is 0 Å². The van der Waals surface area contributed by atoms with Crippen molar-refractivity contribution in [1.82, 2.24) is 4.90 Å². The summed E-state index contributed by atoms with van der Waals surface area (Å²) >= 11 is 5.90. The first kappa shape index (κ1) is 17.4. The molecule has 1 atom stereocenters. The number of benzene rings is 2. The van der Waals surface area contributed by atoms with Gasteiger partial charge < -0.3 is 4.90 Å². The quantitative estimate of drug-likeness (QED) is 0.809. The van der Waals surface area contributed by atoms with Crippen LogP contribution in [-0.2, 0) is 21.2 Å². The van der Waals surface area contributed by atoms with Crippen LogP contribution < -0.4 is 4.31 Å². The first-order chi connectivity index (χ1) is 12.5. The maximum absolute atomic E-state index is 13.4. The van der Waals surface area contributed by atoms with Gasteiger partial charge in [0.15, 0.2) is 0 Å². The largest absolute Gasteiger partial charge is 0.341 e. The molecule has 2 heterocycles. The molecular weight excluding hydrogens is 372 g/mol. The molecule has 1 amide bonds. The Bertz CT molecular complexity index is 938. The summed E-state index contributed by atoms with van der Waals surface area (Å²) in [5, 5.41) is 0.468. The minimum atomic E-state index is -3.87. The predicted molar refractivity (Wildman–Crippen MR) is 101 cm³/mol. The molecule has 26 heavy (non-hydrogen) atoms. The van der Waals surface area contributed by atoms with Crippen LogP contribution in [-0.4, -0.2) is 38.4 Å². The molecule has 0 spiro atoms. The maximum atomic E-state index is 13.4. The second-order valence-corrected chi connectivity index (χ2v) is 8.89. The molecule has 7 heteroatoms. The Morgan fingerprint density at radius 3 is 2.35 bits per heavy atom. The highest BCUT2D eigenvalue weighted by atomic mass is 35.5. The maximum Gasteiger partial charge on any atom is 0.265 e. The van der Waals surface area contributed by atoms with Crippen LogP contribution >= 0.6 is 11.6 Å². The first-order valence-corrected chi connectivity index (χ1v) is 10.5. The molecule has 2 aliphatic rings. The number of carbonyl (C=O) groups excluding carboxylic acids is 1. The number of anilines is 1. The predicted octanol–water partition coefficient (Wildman–Crippen LogP) is 3.08. The van der Waals surface area contributed by atoms with E-state index in [1.54, 1.807) is 29.2 Å². The first-order valence-electron chi connectivity index (χ1n) is 8.65. The van der Waals surface area contributed by atoms with Gasteiger partial charge in [0.2, 0.25) is 5.91 Å². The van der Waals surface area contributed by atoms with E-state index in [1.807, 2.05) is 12.1 Å². The number of hydrogen-bond acceptors (Lipinski definition) is 3. The molecule has 2 aromatic carbocycles. The number of para-hydroxylation sites is 1. The highest BCUT2D eigenvalue weighted by Gasteiger charge is 2.43. The fourth-order valence-electron chi connectivity index (χ4n) is 3.71. The molecule has 4 rings (SSSR count). The lowest BCUT2D eigenvalue weighted by Gasteiger charge is -2.29. The van der Waals surface area contributed by atoms with Crippen molar-refractivity contribution >= 4 is 33.2 Å². The summed E-state index contributed by atoms with van der Waals surface area (Å²) in [5.74, 6) is -0.115. The minimum absolute atomic E-state index is 0.115. The summed E-state index contributed by atoms with van der Waals surface area (Å²) in [7, 11) is -3.87. The molecule has 0 bridgehead atoms. The number of amides is 1. The highest BCUT2D eigenvalue weighted by Crippen LogP contribution is 2.37. The Kier molecular flexibility index (Phi) is 4.40. The van der Waals surface area contributed by atoms with Crippen LogP contribution in [0.25, 0.3) is 0 Å². The lowest BCUT2D eigenvalue weighted by molar-refractivity contribution is -0.131. The van der Waals surface area contributed by atoms with Crippen molar-refractivity contribution in [3.8, 4) is 0 Å². The molecule has 0 aromatic heterocycles. The lowest BCUT2D eigenvalue weighted by atomic mass is 10.1. The van der Waals surface area contributed by atoms with Gasteiger partial charge in [-0.15, -0.1) is 0 Å². The summed E-state index contributed by atoms with van der Waals surface area (Å²) < 4.78 is 28.0. The van der Waals surface area contributed by atoms with Gasteiger partial charge in [0.25, 0.3) is 10.0 Å². The standard InChI is InChI=1S/C19H19ClN2O3S/c20-15-7-9-16(10-8-15)26(24,25)22-17-6-2-1-5-14(17)13-18(22)19(23)21-11-3-4-12-21/h1-2,5-10,18H,3-4,11-13H2. The van der Waals surface area contributed by atoms with E-state index in [9.17, 15) is 13.2 Å². The highest BCUT2D eigenvalue weighted by molar-refractivity contribution is 7.93. The Morgan fingerprint density at radius 1 is 1.00 bits per heavy atom. The topological polar surface area (TPSA) is 57.7 Å². The van der Waals surface area contributed by atoms with E-state index in [1.165, 1.54) is 16.4 Å². The van der Waals surface area contributed by atoms with Gasteiger partial charge in [0.1, 0.15) is 6.04 Å². The average Bonchev–Trinajstić information content (AvgIpc) is 3.29. The van der Waals surface area contributed by atoms with Crippen LogP contribution in [0.3, 0.4) is 0 Å². The summed E-state index contributed by atoms with van der Waals surface area (Å²) in [6.07, 6.45) is 2.34. The third kappa shape index (κ3) is 2.87. The number of halogens is 1. The molecule has 5 nitrogen and oxygen atoms in total. The second-order valence-electron chi connectivity index (χ2n) is 6.64. The molecule has 0 radical (unpaired) electrons. The van der Waals surface area contributed by atoms with Gasteiger partial charge in [-0.25, -0.2) is 8.42 Å². The monoisotopic (exact) mass is 390 g/mol. The molecule has 2 aromatic rings. The number of nitrogens with zero attached hydrogens (tertiary/aromatic N) is 2. The van der Waals surface area contributed by atoms with E-state index in [4.69, 9.17) is 11.6 Å². The zero-order valence-electron chi connectivity index (χ0n) is 14.1. The Balaban J connectivity index is 1.78. The molecule has 0 aliphatic carbocycles. The SMILES string of the molecule is O=C(C1Cc2ccccc2N1S(=O)(=O)c1ccc(Cl)cc1)N1CCCC1. The number of hydrogen-bond donors (Lipinski definition) is 0. The average molecular weight is 391 g/mol. The molecule has 1 fully saturated rings. The smallest absolute Gasteiger partial charge is 0.265 e. The van der Waals surface area contributed by atoms with Crippen molar-refractivity contribution in [2.24, 2.45) is 0 Å². The van der Waals surface area contributed by atoms with Crippen LogP contribution in [0.1, 0.15) is 18.4 Å². The fraction of sp³-hybridized carbons (Fsp3) is 0.316. The van der Waals surface area contributed by atoms with Crippen molar-refractivity contribution in [3.05, 3.63) is 59.1 Å². The Morgan fingerprint density at radius 2 is 1.65 bits per heavy atom. The normalized spacial score (nSPS) is 19.7. The number of likely N-dealkylation sites (tertiary alicyclic amines) is 1. The summed E-state index contributed by atoms with van der Waals surface area (Å²) in [6, 6.07) is 12.6. The van der Waals surface area contributed by atoms with E-state index in [-0.39, 0.29) is 10.8 Å². The molecule has 1 saturated heterocycles. The van der Waals surface area contributed by atoms with E-state index in [0.717, 1.165) is 18.4 Å². The van der Waals surface area contributed by atoms with Gasteiger partial charge >= 0.3 is 0 Å². The van der Waals surface area contributed by atoms with Crippen LogP contribution in [0.15, 0.2) is 53.4 Å². The van der Waals surface area contributed by atoms with E-state index in [2.05, 4.69) is 0 Å². The third-order valence-corrected chi connectivity index (χ3v) is 7.09. The number of rotatable bonds is 3. The van der Waals surface area contributed by atoms with Crippen molar-refractivity contribution in [1.29, 1.82) is 0 Å². The summed E-state index contributed by atoms with van der Waals surface area (Å²) in [6.45, 7) is 1.39. The Hall–Kier alpha value is -2.05. The van der Waals surface area contributed by atoms with Gasteiger partial charge in [0, 0.05) is 24.5 Å². The van der Waals surface area contributed by atoms with E-state index < -0.39 is 16.1 Å². The zero-order valence-corrected chi connectivity index (χ0v) is 15.7. The van der Waals surface area contributed by atoms with Gasteiger partial charge in [0.05, 0.1) is 10.6 Å². The fourth-order valence-corrected chi connectivity index (χ4v) is 5.48. The molecule has 0 saturated carbocycles. The molecule has 2 aliphatic heterocycles. The van der Waals surface area contributed by atoms with Gasteiger partial charge in [-0.3, -0.25) is 9.10 Å². The van der Waals surface area contributed by atoms with Crippen LogP contribution in [0, 0.1) is 0 Å². The summed E-state index contributed by atoms with van der Waals surface area (Å²) in [5.41, 5.74) is 1.46. The molecule has 1 unspecified atom stereocenters. The van der Waals surface area contributed by atoms with Crippen molar-refractivity contribution in [3.63, 3.8) is 0 Å². The van der Waals surface area contributed by atoms with E-state index >= 15 is 0 Å². The zero-order chi connectivity index (χ0) is 18.3. The van der Waals surface area contributed by atoms with Gasteiger partial charge in [-0.1, -0.05) is 29.8 Å². The van der Waals surface area contributed by atoms with Crippen LogP contribution in [0.4, 0.5) is 5.69 Å². The van der Waals surface area contributed by atoms with Gasteiger partial charge in [-0.05, 0) is 48.7 Å². The lowest BCUT2D eigenvalue weighted by Crippen LogP contribution is -2.48. The third-order valence-electron chi connectivity index (χ3n) is 5.00.